The van der Waals surface area contributed by atoms with Crippen molar-refractivity contribution in [3.63, 3.8) is 0 Å². The van der Waals surface area contributed by atoms with Crippen LogP contribution in [-0.4, -0.2) is 59.5 Å². The van der Waals surface area contributed by atoms with Crippen molar-refractivity contribution in [2.75, 3.05) is 32.7 Å². The van der Waals surface area contributed by atoms with E-state index in [9.17, 15) is 9.59 Å². The molecule has 1 saturated heterocycles. The van der Waals surface area contributed by atoms with Gasteiger partial charge in [0.2, 0.25) is 5.22 Å². The monoisotopic (exact) mass is 286 g/mol. The number of hydrogen-bond acceptors (Lipinski definition) is 4. The van der Waals surface area contributed by atoms with E-state index >= 15 is 0 Å². The Morgan fingerprint density at radius 2 is 2.11 bits per heavy atom. The van der Waals surface area contributed by atoms with Gasteiger partial charge >= 0.3 is 5.97 Å². The highest BCUT2D eigenvalue weighted by Crippen LogP contribution is 2.19. The summed E-state index contributed by atoms with van der Waals surface area (Å²) in [6, 6.07) is 1.55. The van der Waals surface area contributed by atoms with Crippen molar-refractivity contribution in [3.8, 4) is 0 Å². The highest BCUT2D eigenvalue weighted by atomic mass is 35.5. The van der Waals surface area contributed by atoms with Crippen molar-refractivity contribution in [1.82, 2.24) is 9.80 Å². The van der Waals surface area contributed by atoms with E-state index in [-0.39, 0.29) is 17.7 Å². The summed E-state index contributed by atoms with van der Waals surface area (Å²) in [5.41, 5.74) is 0.355. The number of nitrogens with zero attached hydrogens (tertiary/aromatic N) is 2. The molecule has 1 N–H and O–H groups in total. The van der Waals surface area contributed by atoms with Crippen LogP contribution < -0.4 is 0 Å². The van der Waals surface area contributed by atoms with E-state index in [1.165, 1.54) is 6.26 Å². The quantitative estimate of drug-likeness (QED) is 0.903. The maximum absolute atomic E-state index is 12.2. The molecule has 0 unspecified atom stereocenters. The van der Waals surface area contributed by atoms with Crippen molar-refractivity contribution >= 4 is 23.5 Å². The highest BCUT2D eigenvalue weighted by Gasteiger charge is 2.23. The molecule has 0 bridgehead atoms. The van der Waals surface area contributed by atoms with Crippen molar-refractivity contribution in [1.29, 1.82) is 0 Å². The summed E-state index contributed by atoms with van der Waals surface area (Å²) in [4.78, 5) is 26.4. The van der Waals surface area contributed by atoms with Crippen LogP contribution >= 0.6 is 11.6 Å². The normalized spacial score (nSPS) is 17.2. The average Bonchev–Trinajstić information content (AvgIpc) is 2.64. The Morgan fingerprint density at radius 3 is 2.74 bits per heavy atom. The Morgan fingerprint density at radius 1 is 1.32 bits per heavy atom. The number of aliphatic carboxylic acids is 1. The van der Waals surface area contributed by atoms with Gasteiger partial charge in [0.25, 0.3) is 5.91 Å². The zero-order valence-electron chi connectivity index (χ0n) is 10.3. The van der Waals surface area contributed by atoms with Crippen LogP contribution in [0.2, 0.25) is 5.22 Å². The SMILES string of the molecule is O=C(O)CN1CCCN(C(=O)c2ccoc2Cl)CC1. The van der Waals surface area contributed by atoms with Gasteiger partial charge in [-0.1, -0.05) is 0 Å². The molecule has 1 aliphatic heterocycles. The number of carboxylic acid groups (broad SMARTS) is 1. The van der Waals surface area contributed by atoms with Crippen molar-refractivity contribution < 1.29 is 19.1 Å². The van der Waals surface area contributed by atoms with Gasteiger partial charge in [0.1, 0.15) is 0 Å². The summed E-state index contributed by atoms with van der Waals surface area (Å²) in [6.07, 6.45) is 2.12. The second-order valence-electron chi connectivity index (χ2n) is 4.42. The number of hydrogen-bond donors (Lipinski definition) is 1. The molecular formula is C12H15ClN2O4. The Labute approximate surface area is 115 Å². The Kier molecular flexibility index (Phi) is 4.44. The van der Waals surface area contributed by atoms with E-state index in [0.717, 1.165) is 6.42 Å². The maximum atomic E-state index is 12.2. The lowest BCUT2D eigenvalue weighted by Gasteiger charge is -2.20. The molecule has 1 aromatic rings. The molecule has 0 radical (unpaired) electrons. The molecule has 0 saturated carbocycles. The fourth-order valence-electron chi connectivity index (χ4n) is 2.14. The third kappa shape index (κ3) is 3.48. The molecule has 0 aromatic carbocycles. The van der Waals surface area contributed by atoms with Crippen LogP contribution in [0.15, 0.2) is 16.7 Å². The van der Waals surface area contributed by atoms with Gasteiger partial charge < -0.3 is 14.4 Å². The van der Waals surface area contributed by atoms with Crippen LogP contribution in [0.3, 0.4) is 0 Å². The summed E-state index contributed by atoms with van der Waals surface area (Å²) < 4.78 is 4.91. The number of rotatable bonds is 3. The fourth-order valence-corrected chi connectivity index (χ4v) is 2.34. The molecule has 19 heavy (non-hydrogen) atoms. The van der Waals surface area contributed by atoms with Gasteiger partial charge in [-0.15, -0.1) is 0 Å². The molecule has 0 aliphatic carbocycles. The average molecular weight is 287 g/mol. The van der Waals surface area contributed by atoms with Gasteiger partial charge in [-0.05, 0) is 24.1 Å². The zero-order valence-corrected chi connectivity index (χ0v) is 11.1. The van der Waals surface area contributed by atoms with Crippen molar-refractivity contribution in [2.45, 2.75) is 6.42 Å². The van der Waals surface area contributed by atoms with E-state index in [4.69, 9.17) is 21.1 Å². The molecular weight excluding hydrogens is 272 g/mol. The summed E-state index contributed by atoms with van der Waals surface area (Å²) in [5, 5.41) is 8.86. The molecule has 104 valence electrons. The third-order valence-corrected chi connectivity index (χ3v) is 3.38. The molecule has 2 heterocycles. The first-order valence-electron chi connectivity index (χ1n) is 6.04. The minimum absolute atomic E-state index is 0.00843. The van der Waals surface area contributed by atoms with Gasteiger partial charge in [-0.2, -0.15) is 0 Å². The number of carboxylic acids is 1. The predicted molar refractivity (Wildman–Crippen MR) is 68.3 cm³/mol. The highest BCUT2D eigenvalue weighted by molar-refractivity contribution is 6.32. The van der Waals surface area contributed by atoms with E-state index in [2.05, 4.69) is 0 Å². The smallest absolute Gasteiger partial charge is 0.317 e. The van der Waals surface area contributed by atoms with E-state index in [1.54, 1.807) is 11.0 Å². The summed E-state index contributed by atoms with van der Waals surface area (Å²) >= 11 is 5.79. The first kappa shape index (κ1) is 13.9. The number of halogens is 1. The zero-order chi connectivity index (χ0) is 13.8. The van der Waals surface area contributed by atoms with Crippen LogP contribution in [0, 0.1) is 0 Å². The molecule has 1 aliphatic rings. The fraction of sp³-hybridized carbons (Fsp3) is 0.500. The second kappa shape index (κ2) is 6.08. The standard InChI is InChI=1S/C12H15ClN2O4/c13-11-9(2-7-19-11)12(18)15-4-1-3-14(5-6-15)8-10(16)17/h2,7H,1,3-6,8H2,(H,16,17). The molecule has 1 aromatic heterocycles. The summed E-state index contributed by atoms with van der Waals surface area (Å²) in [5.74, 6) is -1.02. The number of amides is 1. The Hall–Kier alpha value is -1.53. The first-order chi connectivity index (χ1) is 9.08. The van der Waals surface area contributed by atoms with Gasteiger partial charge in [0, 0.05) is 26.2 Å². The van der Waals surface area contributed by atoms with E-state index in [1.807, 2.05) is 4.90 Å². The lowest BCUT2D eigenvalue weighted by Crippen LogP contribution is -2.36. The van der Waals surface area contributed by atoms with Gasteiger partial charge in [0.15, 0.2) is 0 Å². The molecule has 0 spiro atoms. The molecule has 6 nitrogen and oxygen atoms in total. The molecule has 7 heteroatoms. The minimum atomic E-state index is -0.849. The van der Waals surface area contributed by atoms with Gasteiger partial charge in [0.05, 0.1) is 18.4 Å². The van der Waals surface area contributed by atoms with Crippen LogP contribution in [0.1, 0.15) is 16.8 Å². The Bertz CT molecular complexity index is 474. The van der Waals surface area contributed by atoms with Gasteiger partial charge in [-0.25, -0.2) is 0 Å². The van der Waals surface area contributed by atoms with E-state index in [0.29, 0.717) is 31.7 Å². The van der Waals surface area contributed by atoms with E-state index < -0.39 is 5.97 Å². The van der Waals surface area contributed by atoms with Gasteiger partial charge in [-0.3, -0.25) is 14.5 Å². The Balaban J connectivity index is 1.97. The lowest BCUT2D eigenvalue weighted by atomic mass is 10.3. The molecule has 1 amide bonds. The predicted octanol–water partition coefficient (Wildman–Crippen LogP) is 1.17. The minimum Gasteiger partial charge on any atom is -0.480 e. The lowest BCUT2D eigenvalue weighted by molar-refractivity contribution is -0.138. The molecule has 2 rings (SSSR count). The number of carbonyl (C=O) groups is 2. The number of furan rings is 1. The first-order valence-corrected chi connectivity index (χ1v) is 6.42. The summed E-state index contributed by atoms with van der Waals surface area (Å²) in [7, 11) is 0. The molecule has 1 fully saturated rings. The van der Waals surface area contributed by atoms with Crippen LogP contribution in [0.4, 0.5) is 0 Å². The van der Waals surface area contributed by atoms with Crippen molar-refractivity contribution in [2.24, 2.45) is 0 Å². The third-order valence-electron chi connectivity index (χ3n) is 3.08. The van der Waals surface area contributed by atoms with Crippen LogP contribution in [-0.2, 0) is 4.79 Å². The largest absolute Gasteiger partial charge is 0.480 e. The van der Waals surface area contributed by atoms with Crippen LogP contribution in [0.5, 0.6) is 0 Å². The topological polar surface area (TPSA) is 74.0 Å². The second-order valence-corrected chi connectivity index (χ2v) is 4.77. The van der Waals surface area contributed by atoms with Crippen molar-refractivity contribution in [3.05, 3.63) is 23.1 Å². The molecule has 0 atom stereocenters. The van der Waals surface area contributed by atoms with Crippen LogP contribution in [0.25, 0.3) is 0 Å². The summed E-state index contributed by atoms with van der Waals surface area (Å²) in [6.45, 7) is 2.32. The number of carbonyl (C=O) groups excluding carboxylic acids is 1. The maximum Gasteiger partial charge on any atom is 0.317 e.